The van der Waals surface area contributed by atoms with Crippen molar-refractivity contribution in [1.82, 2.24) is 0 Å². The van der Waals surface area contributed by atoms with E-state index < -0.39 is 11.4 Å². The first kappa shape index (κ1) is 39.5. The lowest BCUT2D eigenvalue weighted by molar-refractivity contribution is -0.139. The Hall–Kier alpha value is -4.26. The Morgan fingerprint density at radius 2 is 1.39 bits per heavy atom. The van der Waals surface area contributed by atoms with Gasteiger partial charge in [-0.05, 0) is 115 Å². The van der Waals surface area contributed by atoms with Gasteiger partial charge in [-0.3, -0.25) is 0 Å². The Morgan fingerprint density at radius 1 is 0.745 bits per heavy atom. The molecule has 51 heavy (non-hydrogen) atoms. The van der Waals surface area contributed by atoms with E-state index in [0.717, 1.165) is 51.8 Å². The van der Waals surface area contributed by atoms with Crippen LogP contribution in [0.2, 0.25) is 0 Å². The molecule has 5 nitrogen and oxygen atoms in total. The number of aliphatic hydroxyl groups excluding tert-OH is 2. The molecule has 4 rings (SSSR count). The number of hydrogen-bond acceptors (Lipinski definition) is 5. The molecule has 0 aliphatic heterocycles. The maximum atomic E-state index is 15.7. The molecule has 0 heterocycles. The zero-order chi connectivity index (χ0) is 36.8. The van der Waals surface area contributed by atoms with E-state index >= 15 is 4.39 Å². The second kappa shape index (κ2) is 19.4. The Balaban J connectivity index is 1.56. The molecular formula is C45H55FO5. The van der Waals surface area contributed by atoms with Gasteiger partial charge in [-0.2, -0.15) is 0 Å². The summed E-state index contributed by atoms with van der Waals surface area (Å²) in [6.45, 7) is 11.9. The molecule has 0 atom stereocenters. The zero-order valence-electron chi connectivity index (χ0n) is 30.9. The minimum Gasteiger partial charge on any atom is -0.493 e. The number of esters is 1. The lowest BCUT2D eigenvalue weighted by Crippen LogP contribution is -2.31. The molecule has 0 amide bonds. The van der Waals surface area contributed by atoms with Crippen molar-refractivity contribution >= 4 is 5.97 Å². The van der Waals surface area contributed by atoms with Gasteiger partial charge in [0.1, 0.15) is 11.6 Å². The Bertz CT molecular complexity index is 1730. The summed E-state index contributed by atoms with van der Waals surface area (Å²) in [4.78, 5) is 11.9. The molecule has 0 aromatic heterocycles. The van der Waals surface area contributed by atoms with Crippen molar-refractivity contribution in [3.8, 4) is 39.1 Å². The van der Waals surface area contributed by atoms with E-state index in [2.05, 4.69) is 62.9 Å². The Kier molecular flexibility index (Phi) is 15.0. The summed E-state index contributed by atoms with van der Waals surface area (Å²) in [5, 5.41) is 19.8. The Morgan fingerprint density at radius 3 is 2.04 bits per heavy atom. The fourth-order valence-electron chi connectivity index (χ4n) is 6.33. The van der Waals surface area contributed by atoms with Crippen LogP contribution in [0, 0.1) is 11.2 Å². The fourth-order valence-corrected chi connectivity index (χ4v) is 6.33. The monoisotopic (exact) mass is 694 g/mol. The van der Waals surface area contributed by atoms with Gasteiger partial charge in [0.05, 0.1) is 26.4 Å². The summed E-state index contributed by atoms with van der Waals surface area (Å²) in [5.74, 6) is 0.0588. The van der Waals surface area contributed by atoms with Crippen molar-refractivity contribution in [1.29, 1.82) is 0 Å². The minimum atomic E-state index is -0.590. The van der Waals surface area contributed by atoms with Crippen molar-refractivity contribution in [3.63, 3.8) is 0 Å². The van der Waals surface area contributed by atoms with Gasteiger partial charge in [-0.15, -0.1) is 0 Å². The first-order valence-corrected chi connectivity index (χ1v) is 18.5. The minimum absolute atomic E-state index is 0.111. The Labute approximate surface area is 304 Å². The highest BCUT2D eigenvalue weighted by molar-refractivity contribution is 5.86. The number of unbranched alkanes of at least 4 members (excludes halogenated alkanes) is 2. The van der Waals surface area contributed by atoms with Crippen LogP contribution in [0.5, 0.6) is 5.75 Å². The van der Waals surface area contributed by atoms with Crippen LogP contribution in [0.4, 0.5) is 4.39 Å². The molecule has 0 unspecified atom stereocenters. The van der Waals surface area contributed by atoms with Crippen LogP contribution >= 0.6 is 0 Å². The highest BCUT2D eigenvalue weighted by Crippen LogP contribution is 2.35. The quantitative estimate of drug-likeness (QED) is 0.0547. The van der Waals surface area contributed by atoms with Crippen molar-refractivity contribution in [2.45, 2.75) is 85.5 Å². The number of aliphatic hydroxyl groups is 2. The molecule has 4 aromatic carbocycles. The number of carbonyl (C=O) groups excluding carboxylic acids is 1. The van der Waals surface area contributed by atoms with Gasteiger partial charge in [0.25, 0.3) is 0 Å². The number of ether oxygens (including phenoxy) is 2. The molecule has 272 valence electrons. The number of aryl methyl sites for hydroxylation is 3. The third-order valence-corrected chi connectivity index (χ3v) is 9.98. The molecule has 0 radical (unpaired) electrons. The lowest BCUT2D eigenvalue weighted by atomic mass is 9.84. The van der Waals surface area contributed by atoms with E-state index in [4.69, 9.17) is 9.47 Å². The van der Waals surface area contributed by atoms with Crippen molar-refractivity contribution < 1.29 is 28.9 Å². The third kappa shape index (κ3) is 10.6. The zero-order valence-corrected chi connectivity index (χ0v) is 30.9. The predicted molar refractivity (Wildman–Crippen MR) is 206 cm³/mol. The topological polar surface area (TPSA) is 76.0 Å². The number of rotatable bonds is 20. The molecule has 0 saturated carbocycles. The third-order valence-electron chi connectivity index (χ3n) is 9.98. The second-order valence-electron chi connectivity index (χ2n) is 13.7. The molecule has 2 N–H and O–H groups in total. The number of halogens is 1. The van der Waals surface area contributed by atoms with E-state index in [1.807, 2.05) is 37.3 Å². The summed E-state index contributed by atoms with van der Waals surface area (Å²) in [6, 6.07) is 26.2. The van der Waals surface area contributed by atoms with Gasteiger partial charge in [-0.25, -0.2) is 9.18 Å². The van der Waals surface area contributed by atoms with Crippen LogP contribution in [0.15, 0.2) is 91.0 Å². The van der Waals surface area contributed by atoms with E-state index in [0.29, 0.717) is 49.2 Å². The van der Waals surface area contributed by atoms with Crippen molar-refractivity contribution in [2.24, 2.45) is 5.41 Å². The first-order chi connectivity index (χ1) is 24.7. The van der Waals surface area contributed by atoms with Gasteiger partial charge < -0.3 is 19.7 Å². The van der Waals surface area contributed by atoms with E-state index in [-0.39, 0.29) is 25.6 Å². The maximum absolute atomic E-state index is 15.7. The normalized spacial score (nSPS) is 11.4. The van der Waals surface area contributed by atoms with Gasteiger partial charge >= 0.3 is 5.97 Å². The summed E-state index contributed by atoms with van der Waals surface area (Å²) in [6.07, 6.45) is 7.82. The summed E-state index contributed by atoms with van der Waals surface area (Å²) in [5.41, 5.74) is 8.50. The van der Waals surface area contributed by atoms with Gasteiger partial charge in [0.2, 0.25) is 0 Å². The molecule has 0 bridgehead atoms. The van der Waals surface area contributed by atoms with E-state index in [9.17, 15) is 15.0 Å². The average Bonchev–Trinajstić information content (AvgIpc) is 3.15. The smallest absolute Gasteiger partial charge is 0.333 e. The SMILES string of the molecule is C=C(C)C(=O)OCCCc1cc(-c2ccc(-c3ccc(-c4ccc(CCCCC)cc4)cc3F)cc2CC)ccc1OCCC(CC)(CO)CO. The molecule has 0 fully saturated rings. The number of benzene rings is 4. The van der Waals surface area contributed by atoms with Crippen LogP contribution in [0.3, 0.4) is 0 Å². The highest BCUT2D eigenvalue weighted by atomic mass is 19.1. The van der Waals surface area contributed by atoms with Crippen LogP contribution in [0.25, 0.3) is 33.4 Å². The van der Waals surface area contributed by atoms with Gasteiger partial charge in [0.15, 0.2) is 0 Å². The summed E-state index contributed by atoms with van der Waals surface area (Å²) >= 11 is 0. The molecule has 0 spiro atoms. The summed E-state index contributed by atoms with van der Waals surface area (Å²) < 4.78 is 27.2. The fraction of sp³-hybridized carbons (Fsp3) is 0.400. The second-order valence-corrected chi connectivity index (χ2v) is 13.7. The van der Waals surface area contributed by atoms with Crippen LogP contribution < -0.4 is 4.74 Å². The molecule has 0 aliphatic carbocycles. The highest BCUT2D eigenvalue weighted by Gasteiger charge is 2.26. The first-order valence-electron chi connectivity index (χ1n) is 18.5. The molecule has 4 aromatic rings. The summed E-state index contributed by atoms with van der Waals surface area (Å²) in [7, 11) is 0. The molecule has 0 aliphatic rings. The van der Waals surface area contributed by atoms with Crippen LogP contribution in [-0.2, 0) is 28.8 Å². The average molecular weight is 695 g/mol. The van der Waals surface area contributed by atoms with Gasteiger partial charge in [-0.1, -0.05) is 101 Å². The molecule has 0 saturated heterocycles. The lowest BCUT2D eigenvalue weighted by Gasteiger charge is -2.28. The molecular weight excluding hydrogens is 639 g/mol. The molecule has 6 heteroatoms. The van der Waals surface area contributed by atoms with Crippen LogP contribution in [0.1, 0.15) is 82.9 Å². The van der Waals surface area contributed by atoms with Crippen molar-refractivity contribution in [3.05, 3.63) is 114 Å². The standard InChI is InChI=1S/C45H55FO5/c1-6-9-10-12-33-14-16-35(17-15-33)36-18-22-41(42(46)29-36)38-19-21-40(34(7-2)27-38)37-20-23-43(50-26-24-45(8-3,30-47)31-48)39(28-37)13-11-25-51-44(49)32(4)5/h14-23,27-29,47-48H,4,6-13,24-26,30-31H2,1-3,5H3. The maximum Gasteiger partial charge on any atom is 0.333 e. The predicted octanol–water partition coefficient (Wildman–Crippen LogP) is 10.3. The number of hydrogen-bond donors (Lipinski definition) is 2. The largest absolute Gasteiger partial charge is 0.493 e. The van der Waals surface area contributed by atoms with E-state index in [1.54, 1.807) is 13.0 Å². The van der Waals surface area contributed by atoms with Crippen LogP contribution in [-0.4, -0.2) is 42.6 Å². The van der Waals surface area contributed by atoms with E-state index in [1.165, 1.54) is 24.8 Å². The van der Waals surface area contributed by atoms with Gasteiger partial charge in [0, 0.05) is 16.6 Å². The number of carbonyl (C=O) groups is 1. The van der Waals surface area contributed by atoms with Crippen molar-refractivity contribution in [2.75, 3.05) is 26.4 Å².